The lowest BCUT2D eigenvalue weighted by molar-refractivity contribution is 0.103. The van der Waals surface area contributed by atoms with Crippen molar-refractivity contribution in [3.63, 3.8) is 0 Å². The van der Waals surface area contributed by atoms with E-state index in [0.717, 1.165) is 30.3 Å². The summed E-state index contributed by atoms with van der Waals surface area (Å²) in [6.45, 7) is 2.07. The van der Waals surface area contributed by atoms with Crippen molar-refractivity contribution in [2.24, 2.45) is 0 Å². The minimum Gasteiger partial charge on any atom is -0.287 e. The summed E-state index contributed by atoms with van der Waals surface area (Å²) in [5.74, 6) is -0.0298. The second kappa shape index (κ2) is 4.99. The number of ketones is 1. The van der Waals surface area contributed by atoms with Crippen LogP contribution in [-0.2, 0) is 6.42 Å². The fourth-order valence-electron chi connectivity index (χ4n) is 1.51. The molecule has 0 N–H and O–H groups in total. The molecule has 82 valence electrons. The molecule has 0 aliphatic rings. The number of nitrogens with zero attached hydrogens (tertiary/aromatic N) is 2. The Hall–Kier alpha value is -1.55. The molecule has 0 radical (unpaired) electrons. The first-order valence-corrected chi connectivity index (χ1v) is 5.97. The molecule has 2 aromatic rings. The summed E-state index contributed by atoms with van der Waals surface area (Å²) in [4.78, 5) is 12.1. The Morgan fingerprint density at radius 1 is 1.25 bits per heavy atom. The Balaban J connectivity index is 2.31. The molecule has 0 saturated carbocycles. The van der Waals surface area contributed by atoms with Crippen LogP contribution in [0.1, 0.15) is 35.1 Å². The minimum atomic E-state index is -0.0298. The van der Waals surface area contributed by atoms with E-state index in [-0.39, 0.29) is 5.78 Å². The van der Waals surface area contributed by atoms with Crippen LogP contribution >= 0.6 is 11.7 Å². The predicted octanol–water partition coefficient (Wildman–Crippen LogP) is 2.72. The highest BCUT2D eigenvalue weighted by atomic mass is 32.1. The van der Waals surface area contributed by atoms with Crippen LogP contribution in [0.15, 0.2) is 30.3 Å². The molecule has 1 aromatic heterocycles. The SMILES string of the molecule is CCCc1nsnc1C(=O)c1ccccc1. The van der Waals surface area contributed by atoms with E-state index in [2.05, 4.69) is 15.7 Å². The predicted molar refractivity (Wildman–Crippen MR) is 63.8 cm³/mol. The fourth-order valence-corrected chi connectivity index (χ4v) is 2.09. The number of carbonyl (C=O) groups is 1. The van der Waals surface area contributed by atoms with E-state index in [0.29, 0.717) is 11.3 Å². The van der Waals surface area contributed by atoms with Crippen molar-refractivity contribution in [2.45, 2.75) is 19.8 Å². The summed E-state index contributed by atoms with van der Waals surface area (Å²) < 4.78 is 8.25. The highest BCUT2D eigenvalue weighted by molar-refractivity contribution is 6.99. The van der Waals surface area contributed by atoms with Crippen LogP contribution in [0.3, 0.4) is 0 Å². The van der Waals surface area contributed by atoms with Crippen molar-refractivity contribution < 1.29 is 4.79 Å². The van der Waals surface area contributed by atoms with Gasteiger partial charge in [-0.15, -0.1) is 0 Å². The molecule has 4 heteroatoms. The molecule has 2 rings (SSSR count). The van der Waals surface area contributed by atoms with Gasteiger partial charge in [0.2, 0.25) is 5.78 Å². The monoisotopic (exact) mass is 232 g/mol. The van der Waals surface area contributed by atoms with Crippen LogP contribution in [0, 0.1) is 0 Å². The first-order valence-electron chi connectivity index (χ1n) is 5.24. The van der Waals surface area contributed by atoms with Crippen molar-refractivity contribution in [2.75, 3.05) is 0 Å². The number of benzene rings is 1. The molecule has 3 nitrogen and oxygen atoms in total. The number of aryl methyl sites for hydroxylation is 1. The average molecular weight is 232 g/mol. The maximum Gasteiger partial charge on any atom is 0.214 e. The van der Waals surface area contributed by atoms with E-state index in [1.165, 1.54) is 0 Å². The van der Waals surface area contributed by atoms with Crippen molar-refractivity contribution in [3.8, 4) is 0 Å². The quantitative estimate of drug-likeness (QED) is 0.761. The number of carbonyl (C=O) groups excluding carboxylic acids is 1. The number of rotatable bonds is 4. The van der Waals surface area contributed by atoms with Gasteiger partial charge in [-0.2, -0.15) is 8.75 Å². The van der Waals surface area contributed by atoms with Gasteiger partial charge in [0.15, 0.2) is 0 Å². The third-order valence-corrected chi connectivity index (χ3v) is 2.86. The van der Waals surface area contributed by atoms with E-state index >= 15 is 0 Å². The van der Waals surface area contributed by atoms with Gasteiger partial charge in [0.25, 0.3) is 0 Å². The number of aromatic nitrogens is 2. The Kier molecular flexibility index (Phi) is 3.41. The second-order valence-electron chi connectivity index (χ2n) is 3.50. The minimum absolute atomic E-state index is 0.0298. The van der Waals surface area contributed by atoms with Crippen LogP contribution in [-0.4, -0.2) is 14.5 Å². The van der Waals surface area contributed by atoms with Crippen molar-refractivity contribution in [1.29, 1.82) is 0 Å². The van der Waals surface area contributed by atoms with Gasteiger partial charge in [-0.3, -0.25) is 4.79 Å². The Labute approximate surface area is 98.5 Å². The zero-order valence-electron chi connectivity index (χ0n) is 9.01. The van der Waals surface area contributed by atoms with Gasteiger partial charge in [-0.1, -0.05) is 43.7 Å². The Bertz CT molecular complexity index is 479. The maximum atomic E-state index is 12.1. The van der Waals surface area contributed by atoms with Gasteiger partial charge >= 0.3 is 0 Å². The molecule has 0 amide bonds. The molecule has 0 aliphatic heterocycles. The molecular formula is C12H12N2OS. The van der Waals surface area contributed by atoms with Gasteiger partial charge in [0, 0.05) is 5.56 Å². The molecule has 0 atom stereocenters. The third kappa shape index (κ3) is 2.17. The van der Waals surface area contributed by atoms with Gasteiger partial charge < -0.3 is 0 Å². The van der Waals surface area contributed by atoms with Gasteiger partial charge in [-0.05, 0) is 6.42 Å². The molecule has 1 aromatic carbocycles. The van der Waals surface area contributed by atoms with E-state index < -0.39 is 0 Å². The Morgan fingerprint density at radius 3 is 2.69 bits per heavy atom. The lowest BCUT2D eigenvalue weighted by Crippen LogP contribution is -2.05. The fraction of sp³-hybridized carbons (Fsp3) is 0.250. The van der Waals surface area contributed by atoms with E-state index in [1.54, 1.807) is 12.1 Å². The smallest absolute Gasteiger partial charge is 0.214 e. The number of hydrogen-bond acceptors (Lipinski definition) is 4. The van der Waals surface area contributed by atoms with Crippen molar-refractivity contribution in [3.05, 3.63) is 47.3 Å². The molecule has 1 heterocycles. The number of hydrogen-bond donors (Lipinski definition) is 0. The second-order valence-corrected chi connectivity index (χ2v) is 4.03. The molecule has 0 fully saturated rings. The molecule has 16 heavy (non-hydrogen) atoms. The van der Waals surface area contributed by atoms with Gasteiger partial charge in [0.05, 0.1) is 17.4 Å². The summed E-state index contributed by atoms with van der Waals surface area (Å²) in [6.07, 6.45) is 1.78. The van der Waals surface area contributed by atoms with E-state index in [9.17, 15) is 4.79 Å². The molecule has 0 aliphatic carbocycles. The van der Waals surface area contributed by atoms with E-state index in [1.807, 2.05) is 18.2 Å². The Morgan fingerprint density at radius 2 is 2.00 bits per heavy atom. The summed E-state index contributed by atoms with van der Waals surface area (Å²) in [5, 5.41) is 0. The van der Waals surface area contributed by atoms with Crippen LogP contribution in [0.5, 0.6) is 0 Å². The van der Waals surface area contributed by atoms with Crippen LogP contribution in [0.4, 0.5) is 0 Å². The lowest BCUT2D eigenvalue weighted by atomic mass is 10.1. The standard InChI is InChI=1S/C12H12N2OS/c1-2-6-10-11(14-16-13-10)12(15)9-7-4-3-5-8-9/h3-5,7-8H,2,6H2,1H3. The summed E-state index contributed by atoms with van der Waals surface area (Å²) >= 11 is 1.11. The van der Waals surface area contributed by atoms with Crippen molar-refractivity contribution in [1.82, 2.24) is 8.75 Å². The summed E-state index contributed by atoms with van der Waals surface area (Å²) in [7, 11) is 0. The topological polar surface area (TPSA) is 42.9 Å². The molecule has 0 saturated heterocycles. The normalized spacial score (nSPS) is 10.3. The third-order valence-electron chi connectivity index (χ3n) is 2.29. The van der Waals surface area contributed by atoms with Crippen molar-refractivity contribution >= 4 is 17.5 Å². The first kappa shape index (κ1) is 11.0. The average Bonchev–Trinajstić information content (AvgIpc) is 2.78. The van der Waals surface area contributed by atoms with Gasteiger partial charge in [-0.25, -0.2) is 0 Å². The molecule has 0 unspecified atom stereocenters. The highest BCUT2D eigenvalue weighted by Crippen LogP contribution is 2.14. The molecule has 0 spiro atoms. The molecule has 0 bridgehead atoms. The first-order chi connectivity index (χ1) is 7.83. The summed E-state index contributed by atoms with van der Waals surface area (Å²) in [6, 6.07) is 9.21. The van der Waals surface area contributed by atoms with Crippen LogP contribution < -0.4 is 0 Å². The zero-order valence-corrected chi connectivity index (χ0v) is 9.83. The van der Waals surface area contributed by atoms with E-state index in [4.69, 9.17) is 0 Å². The zero-order chi connectivity index (χ0) is 11.4. The molecular weight excluding hydrogens is 220 g/mol. The largest absolute Gasteiger partial charge is 0.287 e. The highest BCUT2D eigenvalue weighted by Gasteiger charge is 2.16. The van der Waals surface area contributed by atoms with Gasteiger partial charge in [0.1, 0.15) is 5.69 Å². The van der Waals surface area contributed by atoms with Crippen LogP contribution in [0.2, 0.25) is 0 Å². The summed E-state index contributed by atoms with van der Waals surface area (Å²) in [5.41, 5.74) is 2.01. The maximum absolute atomic E-state index is 12.1. The lowest BCUT2D eigenvalue weighted by Gasteiger charge is -1.99. The van der Waals surface area contributed by atoms with Crippen LogP contribution in [0.25, 0.3) is 0 Å².